The van der Waals surface area contributed by atoms with Gasteiger partial charge in [0.05, 0.1) is 12.1 Å². The summed E-state index contributed by atoms with van der Waals surface area (Å²) in [5.41, 5.74) is 10.1. The second-order valence-corrected chi connectivity index (χ2v) is 7.18. The van der Waals surface area contributed by atoms with Crippen molar-refractivity contribution in [3.8, 4) is 22.8 Å². The van der Waals surface area contributed by atoms with E-state index in [9.17, 15) is 9.59 Å². The van der Waals surface area contributed by atoms with Crippen LogP contribution in [0.25, 0.3) is 22.8 Å². The van der Waals surface area contributed by atoms with Crippen LogP contribution in [0.5, 0.6) is 0 Å². The Kier molecular flexibility index (Phi) is 5.36. The van der Waals surface area contributed by atoms with Gasteiger partial charge in [-0.2, -0.15) is 0 Å². The van der Waals surface area contributed by atoms with E-state index in [0.29, 0.717) is 12.0 Å². The first-order chi connectivity index (χ1) is 14.9. The van der Waals surface area contributed by atoms with E-state index < -0.39 is 11.9 Å². The molecule has 0 saturated carbocycles. The Morgan fingerprint density at radius 1 is 1.13 bits per heavy atom. The maximum atomic E-state index is 11.5. The molecule has 0 fully saturated rings. The molecule has 0 saturated heterocycles. The lowest BCUT2D eigenvalue weighted by molar-refractivity contribution is -0.136. The van der Waals surface area contributed by atoms with Gasteiger partial charge in [0.1, 0.15) is 12.1 Å². The fourth-order valence-corrected chi connectivity index (χ4v) is 3.56. The summed E-state index contributed by atoms with van der Waals surface area (Å²) >= 11 is 0. The SMILES string of the molecule is Cc1cc(C(N)=O)ccc1-n1c(CCC(=O)O)ccc1-c1ccc(-n2ccnc2)nc1. The second-order valence-electron chi connectivity index (χ2n) is 7.18. The molecule has 3 heterocycles. The average Bonchev–Trinajstić information content (AvgIpc) is 3.42. The number of nitrogens with two attached hydrogens (primary N) is 1. The molecule has 4 aromatic rings. The summed E-state index contributed by atoms with van der Waals surface area (Å²) < 4.78 is 3.82. The maximum Gasteiger partial charge on any atom is 0.303 e. The number of rotatable bonds is 7. The molecule has 0 aliphatic heterocycles. The number of imidazole rings is 1. The standard InChI is InChI=1S/C23H21N5O3/c1-15-12-16(23(24)31)2-6-19(15)28-18(5-9-22(29)30)4-7-20(28)17-3-8-21(26-13-17)27-11-10-25-14-27/h2-4,6-8,10-14H,5,9H2,1H3,(H2,24,31)(H,29,30). The molecule has 0 atom stereocenters. The number of aliphatic carboxylic acids is 1. The molecule has 31 heavy (non-hydrogen) atoms. The van der Waals surface area contributed by atoms with Gasteiger partial charge in [-0.1, -0.05) is 0 Å². The number of pyridine rings is 1. The quantitative estimate of drug-likeness (QED) is 0.481. The van der Waals surface area contributed by atoms with Crippen molar-refractivity contribution in [2.75, 3.05) is 0 Å². The molecule has 0 spiro atoms. The maximum absolute atomic E-state index is 11.5. The molecule has 0 aliphatic rings. The topological polar surface area (TPSA) is 116 Å². The van der Waals surface area contributed by atoms with Crippen LogP contribution in [-0.2, 0) is 11.2 Å². The van der Waals surface area contributed by atoms with E-state index in [1.54, 1.807) is 30.9 Å². The lowest BCUT2D eigenvalue weighted by atomic mass is 10.1. The summed E-state index contributed by atoms with van der Waals surface area (Å²) in [4.78, 5) is 31.3. The number of carbonyl (C=O) groups is 2. The van der Waals surface area contributed by atoms with E-state index in [-0.39, 0.29) is 6.42 Å². The van der Waals surface area contributed by atoms with Crippen molar-refractivity contribution < 1.29 is 14.7 Å². The van der Waals surface area contributed by atoms with Gasteiger partial charge in [0.15, 0.2) is 0 Å². The van der Waals surface area contributed by atoms with E-state index in [0.717, 1.165) is 34.0 Å². The zero-order chi connectivity index (χ0) is 22.0. The van der Waals surface area contributed by atoms with Crippen LogP contribution in [0, 0.1) is 6.92 Å². The highest BCUT2D eigenvalue weighted by Gasteiger charge is 2.16. The molecule has 8 nitrogen and oxygen atoms in total. The molecule has 0 unspecified atom stereocenters. The molecule has 3 N–H and O–H groups in total. The first kappa shape index (κ1) is 20.1. The number of carboxylic acids is 1. The van der Waals surface area contributed by atoms with Gasteiger partial charge in [0.2, 0.25) is 5.91 Å². The minimum atomic E-state index is -0.860. The van der Waals surface area contributed by atoms with Gasteiger partial charge in [-0.3, -0.25) is 14.2 Å². The van der Waals surface area contributed by atoms with Gasteiger partial charge in [0.25, 0.3) is 0 Å². The van der Waals surface area contributed by atoms with Gasteiger partial charge < -0.3 is 15.4 Å². The van der Waals surface area contributed by atoms with E-state index in [1.807, 2.05) is 52.6 Å². The number of carboxylic acid groups (broad SMARTS) is 1. The smallest absolute Gasteiger partial charge is 0.303 e. The third-order valence-corrected chi connectivity index (χ3v) is 5.09. The molecule has 0 radical (unpaired) electrons. The number of aromatic nitrogens is 4. The molecule has 3 aromatic heterocycles. The zero-order valence-corrected chi connectivity index (χ0v) is 16.9. The number of aryl methyl sites for hydroxylation is 2. The Labute approximate surface area is 178 Å². The summed E-state index contributed by atoms with van der Waals surface area (Å²) in [7, 11) is 0. The number of hydrogen-bond acceptors (Lipinski definition) is 4. The van der Waals surface area contributed by atoms with Gasteiger partial charge >= 0.3 is 5.97 Å². The van der Waals surface area contributed by atoms with Gasteiger partial charge in [-0.15, -0.1) is 0 Å². The van der Waals surface area contributed by atoms with Crippen LogP contribution in [-0.4, -0.2) is 36.1 Å². The minimum Gasteiger partial charge on any atom is -0.481 e. The van der Waals surface area contributed by atoms with Gasteiger partial charge in [-0.25, -0.2) is 9.97 Å². The molecule has 156 valence electrons. The Balaban J connectivity index is 1.80. The monoisotopic (exact) mass is 415 g/mol. The van der Waals surface area contributed by atoms with Crippen LogP contribution in [0.15, 0.2) is 67.4 Å². The molecule has 4 rings (SSSR count). The molecule has 0 bridgehead atoms. The van der Waals surface area contributed by atoms with Crippen molar-refractivity contribution in [1.29, 1.82) is 0 Å². The Morgan fingerprint density at radius 3 is 2.58 bits per heavy atom. The average molecular weight is 415 g/mol. The van der Waals surface area contributed by atoms with Crippen LogP contribution in [0.3, 0.4) is 0 Å². The molecular formula is C23H21N5O3. The first-order valence-electron chi connectivity index (χ1n) is 9.72. The summed E-state index contributed by atoms with van der Waals surface area (Å²) in [6, 6.07) is 13.0. The fourth-order valence-electron chi connectivity index (χ4n) is 3.56. The highest BCUT2D eigenvalue weighted by Crippen LogP contribution is 2.29. The van der Waals surface area contributed by atoms with Crippen molar-refractivity contribution in [1.82, 2.24) is 19.1 Å². The lowest BCUT2D eigenvalue weighted by Gasteiger charge is -2.17. The van der Waals surface area contributed by atoms with E-state index in [1.165, 1.54) is 0 Å². The predicted octanol–water partition coefficient (Wildman–Crippen LogP) is 3.15. The number of primary amides is 1. The minimum absolute atomic E-state index is 0.0136. The normalized spacial score (nSPS) is 10.9. The molecule has 1 aromatic carbocycles. The van der Waals surface area contributed by atoms with Crippen LogP contribution in [0.2, 0.25) is 0 Å². The summed E-state index contributed by atoms with van der Waals surface area (Å²) in [6.07, 6.45) is 7.34. The van der Waals surface area contributed by atoms with Crippen LogP contribution in [0.1, 0.15) is 28.0 Å². The lowest BCUT2D eigenvalue weighted by Crippen LogP contribution is -2.12. The fraction of sp³-hybridized carbons (Fsp3) is 0.130. The third kappa shape index (κ3) is 4.09. The Bertz CT molecular complexity index is 1240. The Morgan fingerprint density at radius 2 is 1.97 bits per heavy atom. The molecule has 0 aliphatic carbocycles. The van der Waals surface area contributed by atoms with Crippen molar-refractivity contribution in [2.45, 2.75) is 19.8 Å². The van der Waals surface area contributed by atoms with Gasteiger partial charge in [-0.05, 0) is 61.4 Å². The number of nitrogens with zero attached hydrogens (tertiary/aromatic N) is 4. The largest absolute Gasteiger partial charge is 0.481 e. The number of amides is 1. The number of benzene rings is 1. The highest BCUT2D eigenvalue weighted by molar-refractivity contribution is 5.93. The van der Waals surface area contributed by atoms with E-state index in [4.69, 9.17) is 10.8 Å². The second kappa shape index (κ2) is 8.27. The van der Waals surface area contributed by atoms with E-state index >= 15 is 0 Å². The summed E-state index contributed by atoms with van der Waals surface area (Å²) in [5.74, 6) is -0.610. The molecule has 8 heteroatoms. The third-order valence-electron chi connectivity index (χ3n) is 5.09. The Hall–Kier alpha value is -4.20. The van der Waals surface area contributed by atoms with Crippen molar-refractivity contribution >= 4 is 11.9 Å². The summed E-state index contributed by atoms with van der Waals surface area (Å²) in [5, 5.41) is 9.16. The van der Waals surface area contributed by atoms with Crippen molar-refractivity contribution in [2.24, 2.45) is 5.73 Å². The first-order valence-corrected chi connectivity index (χ1v) is 9.72. The summed E-state index contributed by atoms with van der Waals surface area (Å²) in [6.45, 7) is 1.90. The molecule has 1 amide bonds. The van der Waals surface area contributed by atoms with Gasteiger partial charge in [0, 0.05) is 41.1 Å². The van der Waals surface area contributed by atoms with Crippen molar-refractivity contribution in [3.63, 3.8) is 0 Å². The van der Waals surface area contributed by atoms with Crippen LogP contribution in [0.4, 0.5) is 0 Å². The number of carbonyl (C=O) groups excluding carboxylic acids is 1. The van der Waals surface area contributed by atoms with Crippen molar-refractivity contribution in [3.05, 3.63) is 84.2 Å². The predicted molar refractivity (Wildman–Crippen MR) is 115 cm³/mol. The zero-order valence-electron chi connectivity index (χ0n) is 16.9. The highest BCUT2D eigenvalue weighted by atomic mass is 16.4. The van der Waals surface area contributed by atoms with Crippen LogP contribution < -0.4 is 5.73 Å². The van der Waals surface area contributed by atoms with Crippen LogP contribution >= 0.6 is 0 Å². The van der Waals surface area contributed by atoms with E-state index in [2.05, 4.69) is 9.97 Å². The number of hydrogen-bond donors (Lipinski definition) is 2. The molecular weight excluding hydrogens is 394 g/mol.